The van der Waals surface area contributed by atoms with Crippen LogP contribution in [0.4, 0.5) is 8.78 Å². The molecule has 9 nitrogen and oxygen atoms in total. The Hall–Kier alpha value is -4.02. The highest BCUT2D eigenvalue weighted by molar-refractivity contribution is 5.84. The molecule has 0 radical (unpaired) electrons. The number of nitrogens with zero attached hydrogens (tertiary/aromatic N) is 6. The lowest BCUT2D eigenvalue weighted by atomic mass is 10.1. The minimum Gasteiger partial charge on any atom is -0.467 e. The highest BCUT2D eigenvalue weighted by Gasteiger charge is 2.32. The molecule has 4 rings (SSSR count). The standard InChI is InChI=1S/C17H17F2N5O.C5H6N2O/c1-11(23-16(25)17(2,18)19)10-24-15-4-3-12(7-13(15)8-22-24)14-9-20-5-6-21-14;1-8-5-6-3-2-4-7-5/h3-9,11H,10H2,1-2H3,(H,23,25);2-4H,1H3. The van der Waals surface area contributed by atoms with E-state index in [1.54, 1.807) is 54.9 Å². The predicted molar refractivity (Wildman–Crippen MR) is 118 cm³/mol. The van der Waals surface area contributed by atoms with Crippen molar-refractivity contribution in [1.82, 2.24) is 35.0 Å². The number of methoxy groups -OCH3 is 1. The van der Waals surface area contributed by atoms with Crippen molar-refractivity contribution in [2.75, 3.05) is 7.11 Å². The maximum Gasteiger partial charge on any atom is 0.321 e. The van der Waals surface area contributed by atoms with Crippen LogP contribution < -0.4 is 10.1 Å². The number of fused-ring (bicyclic) bond motifs is 1. The van der Waals surface area contributed by atoms with E-state index in [2.05, 4.69) is 30.4 Å². The maximum absolute atomic E-state index is 13.0. The van der Waals surface area contributed by atoms with Gasteiger partial charge in [0.25, 0.3) is 5.91 Å². The van der Waals surface area contributed by atoms with Gasteiger partial charge in [-0.1, -0.05) is 6.07 Å². The quantitative estimate of drug-likeness (QED) is 0.476. The first-order valence-electron chi connectivity index (χ1n) is 9.99. The van der Waals surface area contributed by atoms with Gasteiger partial charge in [-0.15, -0.1) is 0 Å². The van der Waals surface area contributed by atoms with Gasteiger partial charge in [0, 0.05) is 48.7 Å². The third-order valence-electron chi connectivity index (χ3n) is 4.45. The molecule has 0 spiro atoms. The van der Waals surface area contributed by atoms with Crippen LogP contribution in [-0.4, -0.2) is 54.7 Å². The summed E-state index contributed by atoms with van der Waals surface area (Å²) in [6.07, 6.45) is 9.86. The topological polar surface area (TPSA) is 108 Å². The molecule has 0 bridgehead atoms. The van der Waals surface area contributed by atoms with Crippen molar-refractivity contribution in [1.29, 1.82) is 0 Å². The zero-order valence-electron chi connectivity index (χ0n) is 18.3. The van der Waals surface area contributed by atoms with Gasteiger partial charge in [-0.05, 0) is 25.1 Å². The fourth-order valence-corrected chi connectivity index (χ4v) is 2.89. The monoisotopic (exact) mass is 455 g/mol. The number of hydrogen-bond acceptors (Lipinski definition) is 7. The number of carbonyl (C=O) groups is 1. The van der Waals surface area contributed by atoms with Crippen LogP contribution in [0.2, 0.25) is 0 Å². The molecule has 11 heteroatoms. The lowest BCUT2D eigenvalue weighted by molar-refractivity contribution is -0.143. The number of benzene rings is 1. The van der Waals surface area contributed by atoms with Crippen molar-refractivity contribution in [3.05, 3.63) is 61.4 Å². The molecule has 172 valence electrons. The lowest BCUT2D eigenvalue weighted by Crippen LogP contribution is -2.44. The summed E-state index contributed by atoms with van der Waals surface area (Å²) in [4.78, 5) is 27.2. The second-order valence-corrected chi connectivity index (χ2v) is 7.19. The minimum atomic E-state index is -3.40. The number of carbonyl (C=O) groups excluding carboxylic acids is 1. The van der Waals surface area contributed by atoms with Gasteiger partial charge in [-0.25, -0.2) is 9.97 Å². The smallest absolute Gasteiger partial charge is 0.321 e. The number of ether oxygens (including phenoxy) is 1. The van der Waals surface area contributed by atoms with E-state index in [1.807, 2.05) is 18.2 Å². The Labute approximate surface area is 188 Å². The summed E-state index contributed by atoms with van der Waals surface area (Å²) in [6.45, 7) is 2.52. The number of amides is 1. The number of rotatable bonds is 6. The van der Waals surface area contributed by atoms with Crippen LogP contribution in [-0.2, 0) is 11.3 Å². The number of nitrogens with one attached hydrogen (secondary N) is 1. The van der Waals surface area contributed by atoms with E-state index in [0.717, 1.165) is 22.2 Å². The molecule has 3 heterocycles. The Bertz CT molecular complexity index is 1180. The molecule has 3 aromatic heterocycles. The molecule has 1 amide bonds. The molecule has 0 aliphatic rings. The Morgan fingerprint density at radius 2 is 1.91 bits per heavy atom. The molecule has 33 heavy (non-hydrogen) atoms. The predicted octanol–water partition coefficient (Wildman–Crippen LogP) is 3.14. The second-order valence-electron chi connectivity index (χ2n) is 7.19. The van der Waals surface area contributed by atoms with Crippen LogP contribution >= 0.6 is 0 Å². The molecule has 0 saturated heterocycles. The minimum absolute atomic E-state index is 0.288. The molecule has 0 saturated carbocycles. The van der Waals surface area contributed by atoms with Crippen molar-refractivity contribution < 1.29 is 18.3 Å². The number of alkyl halides is 2. The average Bonchev–Trinajstić information content (AvgIpc) is 3.21. The van der Waals surface area contributed by atoms with Crippen molar-refractivity contribution in [3.8, 4) is 17.3 Å². The van der Waals surface area contributed by atoms with E-state index in [0.29, 0.717) is 12.9 Å². The van der Waals surface area contributed by atoms with Crippen LogP contribution in [0.15, 0.2) is 61.4 Å². The second kappa shape index (κ2) is 10.5. The number of aromatic nitrogens is 6. The van der Waals surface area contributed by atoms with Gasteiger partial charge in [-0.2, -0.15) is 13.9 Å². The van der Waals surface area contributed by atoms with Gasteiger partial charge in [0.2, 0.25) is 0 Å². The van der Waals surface area contributed by atoms with E-state index in [4.69, 9.17) is 4.74 Å². The molecule has 0 fully saturated rings. The third kappa shape index (κ3) is 6.48. The first-order valence-corrected chi connectivity index (χ1v) is 9.99. The normalized spacial score (nSPS) is 11.9. The summed E-state index contributed by atoms with van der Waals surface area (Å²) in [7, 11) is 1.54. The zero-order chi connectivity index (χ0) is 23.8. The van der Waals surface area contributed by atoms with Crippen LogP contribution in [0.5, 0.6) is 6.01 Å². The van der Waals surface area contributed by atoms with Gasteiger partial charge in [0.15, 0.2) is 0 Å². The van der Waals surface area contributed by atoms with Gasteiger partial charge in [-0.3, -0.25) is 19.4 Å². The summed E-state index contributed by atoms with van der Waals surface area (Å²) in [5, 5.41) is 7.46. The fraction of sp³-hybridized carbons (Fsp3) is 0.273. The van der Waals surface area contributed by atoms with Crippen LogP contribution in [0, 0.1) is 0 Å². The van der Waals surface area contributed by atoms with E-state index >= 15 is 0 Å². The van der Waals surface area contributed by atoms with Gasteiger partial charge in [0.05, 0.1) is 37.3 Å². The summed E-state index contributed by atoms with van der Waals surface area (Å²) in [5.41, 5.74) is 2.51. The molecule has 1 N–H and O–H groups in total. The maximum atomic E-state index is 13.0. The molecule has 0 aliphatic heterocycles. The van der Waals surface area contributed by atoms with Gasteiger partial charge < -0.3 is 10.1 Å². The van der Waals surface area contributed by atoms with Crippen LogP contribution in [0.1, 0.15) is 13.8 Å². The Morgan fingerprint density at radius 3 is 2.52 bits per heavy atom. The van der Waals surface area contributed by atoms with Gasteiger partial charge in [0.1, 0.15) is 0 Å². The average molecular weight is 455 g/mol. The zero-order valence-corrected chi connectivity index (χ0v) is 18.3. The Balaban J connectivity index is 0.000000323. The summed E-state index contributed by atoms with van der Waals surface area (Å²) < 4.78 is 32.3. The van der Waals surface area contributed by atoms with Crippen molar-refractivity contribution in [2.45, 2.75) is 32.4 Å². The van der Waals surface area contributed by atoms with Crippen molar-refractivity contribution in [2.24, 2.45) is 0 Å². The van der Waals surface area contributed by atoms with Crippen LogP contribution in [0.25, 0.3) is 22.2 Å². The Kier molecular flexibility index (Phi) is 7.54. The van der Waals surface area contributed by atoms with E-state index < -0.39 is 17.9 Å². The molecule has 0 aliphatic carbocycles. The highest BCUT2D eigenvalue weighted by Crippen LogP contribution is 2.22. The Morgan fingerprint density at radius 1 is 1.15 bits per heavy atom. The fourth-order valence-electron chi connectivity index (χ4n) is 2.89. The molecule has 4 aromatic rings. The lowest BCUT2D eigenvalue weighted by Gasteiger charge is -2.17. The molecular formula is C22H23F2N7O2. The summed E-state index contributed by atoms with van der Waals surface area (Å²) in [6, 6.07) is 7.38. The number of hydrogen-bond donors (Lipinski definition) is 1. The van der Waals surface area contributed by atoms with Crippen molar-refractivity contribution in [3.63, 3.8) is 0 Å². The van der Waals surface area contributed by atoms with Gasteiger partial charge >= 0.3 is 11.9 Å². The largest absolute Gasteiger partial charge is 0.467 e. The first-order chi connectivity index (χ1) is 15.8. The molecule has 1 unspecified atom stereocenters. The first kappa shape index (κ1) is 23.6. The van der Waals surface area contributed by atoms with Crippen LogP contribution in [0.3, 0.4) is 0 Å². The van der Waals surface area contributed by atoms with E-state index in [9.17, 15) is 13.6 Å². The van der Waals surface area contributed by atoms with E-state index in [-0.39, 0.29) is 6.54 Å². The summed E-state index contributed by atoms with van der Waals surface area (Å²) in [5.74, 6) is -4.69. The molecular weight excluding hydrogens is 432 g/mol. The summed E-state index contributed by atoms with van der Waals surface area (Å²) >= 11 is 0. The third-order valence-corrected chi connectivity index (χ3v) is 4.45. The molecule has 1 aromatic carbocycles. The van der Waals surface area contributed by atoms with Crippen molar-refractivity contribution >= 4 is 16.8 Å². The molecule has 1 atom stereocenters. The number of halogens is 2. The highest BCUT2D eigenvalue weighted by atomic mass is 19.3. The SMILES string of the molecule is CC(Cn1ncc2cc(-c3cnccn3)ccc21)NC(=O)C(C)(F)F.COc1ncccn1. The van der Waals surface area contributed by atoms with E-state index in [1.165, 1.54) is 7.11 Å².